The Morgan fingerprint density at radius 1 is 1.08 bits per heavy atom. The molecule has 1 heterocycles. The van der Waals surface area contributed by atoms with Gasteiger partial charge in [-0.3, -0.25) is 4.79 Å². The van der Waals surface area contributed by atoms with E-state index in [9.17, 15) is 26.4 Å². The molecule has 0 unspecified atom stereocenters. The van der Waals surface area contributed by atoms with E-state index in [1.807, 2.05) is 0 Å². The number of ether oxygens (including phenoxy) is 1. The third kappa shape index (κ3) is 6.62. The third-order valence-corrected chi connectivity index (χ3v) is 6.94. The van der Waals surface area contributed by atoms with Crippen molar-refractivity contribution in [3.8, 4) is 17.2 Å². The smallest absolute Gasteiger partial charge is 0.416 e. The number of alkyl halides is 3. The monoisotopic (exact) mass is 527 g/mol. The van der Waals surface area contributed by atoms with Crippen LogP contribution in [0, 0.1) is 6.92 Å². The molecule has 0 fully saturated rings. The van der Waals surface area contributed by atoms with Crippen molar-refractivity contribution in [3.63, 3.8) is 0 Å². The molecule has 36 heavy (non-hydrogen) atoms. The highest BCUT2D eigenvalue weighted by Crippen LogP contribution is 2.31. The van der Waals surface area contributed by atoms with Crippen LogP contribution in [0.3, 0.4) is 0 Å². The van der Waals surface area contributed by atoms with Crippen LogP contribution in [0.4, 0.5) is 13.2 Å². The maximum atomic E-state index is 12.8. The predicted octanol–water partition coefficient (Wildman–Crippen LogP) is 3.94. The maximum Gasteiger partial charge on any atom is 0.416 e. The molecule has 9 nitrogen and oxygen atoms in total. The Bertz CT molecular complexity index is 1300. The van der Waals surface area contributed by atoms with Gasteiger partial charge in [-0.25, -0.2) is 4.98 Å². The minimum Gasteiger partial charge on any atom is -0.487 e. The fourth-order valence-corrected chi connectivity index (χ4v) is 4.18. The first-order chi connectivity index (χ1) is 16.8. The molecule has 0 aliphatic heterocycles. The van der Waals surface area contributed by atoms with Crippen molar-refractivity contribution >= 4 is 16.2 Å². The van der Waals surface area contributed by atoms with E-state index in [2.05, 4.69) is 4.98 Å². The van der Waals surface area contributed by atoms with Crippen molar-refractivity contribution in [2.24, 2.45) is 0 Å². The Kier molecular flexibility index (Phi) is 8.06. The van der Waals surface area contributed by atoms with Crippen molar-refractivity contribution in [1.29, 1.82) is 0 Å². The molecule has 3 rings (SSSR count). The first-order valence-corrected chi connectivity index (χ1v) is 11.9. The van der Waals surface area contributed by atoms with Crippen molar-refractivity contribution < 1.29 is 40.6 Å². The molecule has 0 aliphatic carbocycles. The number of carboxylic acid groups (broad SMARTS) is 1. The first-order valence-electron chi connectivity index (χ1n) is 10.5. The van der Waals surface area contributed by atoms with Crippen LogP contribution in [0.25, 0.3) is 11.5 Å². The summed E-state index contributed by atoms with van der Waals surface area (Å²) in [5.74, 6) is -0.230. The average Bonchev–Trinajstić information content (AvgIpc) is 3.17. The van der Waals surface area contributed by atoms with E-state index in [1.165, 1.54) is 26.2 Å². The fraction of sp³-hybridized carbons (Fsp3) is 0.304. The van der Waals surface area contributed by atoms with Crippen molar-refractivity contribution in [1.82, 2.24) is 13.6 Å². The molecule has 0 bridgehead atoms. The molecule has 0 aliphatic rings. The zero-order valence-corrected chi connectivity index (χ0v) is 20.4. The topological polar surface area (TPSA) is 113 Å². The van der Waals surface area contributed by atoms with Gasteiger partial charge in [-0.05, 0) is 48.9 Å². The number of nitrogens with zero attached hydrogens (tertiary/aromatic N) is 3. The largest absolute Gasteiger partial charge is 0.487 e. The summed E-state index contributed by atoms with van der Waals surface area (Å²) in [7, 11) is -1.31. The quantitative estimate of drug-likeness (QED) is 0.425. The Hall–Kier alpha value is -3.42. The lowest BCUT2D eigenvalue weighted by Gasteiger charge is -2.24. The summed E-state index contributed by atoms with van der Waals surface area (Å²) in [6, 6.07) is 10.9. The number of aryl methyl sites for hydroxylation is 1. The van der Waals surface area contributed by atoms with Crippen LogP contribution in [0.15, 0.2) is 52.9 Å². The van der Waals surface area contributed by atoms with Gasteiger partial charge in [-0.1, -0.05) is 12.1 Å². The van der Waals surface area contributed by atoms with E-state index in [4.69, 9.17) is 14.3 Å². The van der Waals surface area contributed by atoms with E-state index in [-0.39, 0.29) is 19.0 Å². The molecule has 0 saturated heterocycles. The Labute approximate surface area is 205 Å². The number of benzene rings is 2. The lowest BCUT2D eigenvalue weighted by Crippen LogP contribution is -2.42. The summed E-state index contributed by atoms with van der Waals surface area (Å²) in [6.07, 6.45) is -4.44. The normalized spacial score (nSPS) is 12.3. The standard InChI is InChI=1S/C23H24F3N3O6S/c1-15-20(27-22(35-15)17-6-8-18(9-7-17)23(24,25)26)14-34-19-10-4-16(5-11-19)12-29(13-21(30)31)36(32,33)28(2)3/h4-11H,12-14H2,1-3H3,(H,30,31). The van der Waals surface area contributed by atoms with Crippen LogP contribution in [0.2, 0.25) is 0 Å². The van der Waals surface area contributed by atoms with Gasteiger partial charge in [-0.15, -0.1) is 0 Å². The van der Waals surface area contributed by atoms with Gasteiger partial charge in [0.15, 0.2) is 0 Å². The molecule has 1 N–H and O–H groups in total. The highest BCUT2D eigenvalue weighted by atomic mass is 32.2. The van der Waals surface area contributed by atoms with Crippen LogP contribution in [0.1, 0.15) is 22.6 Å². The maximum absolute atomic E-state index is 12.8. The molecule has 1 aromatic heterocycles. The number of aromatic nitrogens is 1. The molecule has 3 aromatic rings. The number of hydrogen-bond acceptors (Lipinski definition) is 6. The molecular weight excluding hydrogens is 503 g/mol. The molecular formula is C23H24F3N3O6S. The number of halogens is 3. The number of hydrogen-bond donors (Lipinski definition) is 1. The molecule has 0 amide bonds. The van der Waals surface area contributed by atoms with Gasteiger partial charge in [0, 0.05) is 26.2 Å². The molecule has 0 atom stereocenters. The second-order valence-electron chi connectivity index (χ2n) is 7.98. The second kappa shape index (κ2) is 10.7. The van der Waals surface area contributed by atoms with E-state index in [0.717, 1.165) is 20.7 Å². The van der Waals surface area contributed by atoms with E-state index in [0.29, 0.717) is 28.3 Å². The number of oxazole rings is 1. The van der Waals surface area contributed by atoms with Gasteiger partial charge in [-0.2, -0.15) is 30.2 Å². The van der Waals surface area contributed by atoms with Gasteiger partial charge in [0.25, 0.3) is 10.2 Å². The summed E-state index contributed by atoms with van der Waals surface area (Å²) < 4.78 is 76.1. The number of carboxylic acids is 1. The lowest BCUT2D eigenvalue weighted by molar-refractivity contribution is -0.138. The average molecular weight is 528 g/mol. The number of carbonyl (C=O) groups is 1. The SMILES string of the molecule is Cc1oc(-c2ccc(C(F)(F)F)cc2)nc1COc1ccc(CN(CC(=O)O)S(=O)(=O)N(C)C)cc1. The number of aliphatic carboxylic acids is 1. The van der Waals surface area contributed by atoms with E-state index >= 15 is 0 Å². The Balaban J connectivity index is 1.66. The summed E-state index contributed by atoms with van der Waals surface area (Å²) in [6.45, 7) is 0.845. The van der Waals surface area contributed by atoms with Gasteiger partial charge in [0.2, 0.25) is 5.89 Å². The van der Waals surface area contributed by atoms with E-state index in [1.54, 1.807) is 31.2 Å². The summed E-state index contributed by atoms with van der Waals surface area (Å²) in [5, 5.41) is 9.07. The van der Waals surface area contributed by atoms with Gasteiger partial charge >= 0.3 is 12.1 Å². The van der Waals surface area contributed by atoms with Crippen LogP contribution >= 0.6 is 0 Å². The minimum atomic E-state index is -4.44. The van der Waals surface area contributed by atoms with Gasteiger partial charge < -0.3 is 14.3 Å². The zero-order chi connectivity index (χ0) is 26.7. The van der Waals surface area contributed by atoms with Crippen molar-refractivity contribution in [3.05, 3.63) is 71.1 Å². The van der Waals surface area contributed by atoms with Gasteiger partial charge in [0.1, 0.15) is 30.4 Å². The second-order valence-corrected chi connectivity index (χ2v) is 10.1. The zero-order valence-electron chi connectivity index (χ0n) is 19.6. The fourth-order valence-electron chi connectivity index (χ4n) is 3.13. The lowest BCUT2D eigenvalue weighted by atomic mass is 10.1. The Morgan fingerprint density at radius 3 is 2.22 bits per heavy atom. The summed E-state index contributed by atoms with van der Waals surface area (Å²) >= 11 is 0. The van der Waals surface area contributed by atoms with E-state index < -0.39 is 34.5 Å². The third-order valence-electron chi connectivity index (χ3n) is 5.11. The summed E-state index contributed by atoms with van der Waals surface area (Å²) in [4.78, 5) is 15.4. The highest BCUT2D eigenvalue weighted by molar-refractivity contribution is 7.86. The summed E-state index contributed by atoms with van der Waals surface area (Å²) in [5.41, 5.74) is 0.627. The number of rotatable bonds is 10. The Morgan fingerprint density at radius 2 is 1.69 bits per heavy atom. The van der Waals surface area contributed by atoms with Gasteiger partial charge in [0.05, 0.1) is 5.56 Å². The minimum absolute atomic E-state index is 0.0233. The van der Waals surface area contributed by atoms with Crippen LogP contribution < -0.4 is 4.74 Å². The van der Waals surface area contributed by atoms with Crippen LogP contribution in [0.5, 0.6) is 5.75 Å². The molecule has 0 saturated carbocycles. The van der Waals surface area contributed by atoms with Crippen LogP contribution in [-0.2, 0) is 34.3 Å². The first kappa shape index (κ1) is 27.2. The molecule has 0 radical (unpaired) electrons. The molecule has 194 valence electrons. The molecule has 2 aromatic carbocycles. The highest BCUT2D eigenvalue weighted by Gasteiger charge is 2.30. The van der Waals surface area contributed by atoms with Crippen molar-refractivity contribution in [2.45, 2.75) is 26.3 Å². The predicted molar refractivity (Wildman–Crippen MR) is 123 cm³/mol. The van der Waals surface area contributed by atoms with Crippen LogP contribution in [-0.4, -0.2) is 53.7 Å². The van der Waals surface area contributed by atoms with Crippen molar-refractivity contribution in [2.75, 3.05) is 20.6 Å². The molecule has 13 heteroatoms. The molecule has 0 spiro atoms.